The van der Waals surface area contributed by atoms with Crippen molar-refractivity contribution in [2.45, 2.75) is 6.54 Å². The number of benzene rings is 2. The molecule has 0 aliphatic carbocycles. The highest BCUT2D eigenvalue weighted by Crippen LogP contribution is 2.32. The van der Waals surface area contributed by atoms with Crippen molar-refractivity contribution in [1.29, 1.82) is 0 Å². The van der Waals surface area contributed by atoms with Crippen molar-refractivity contribution >= 4 is 35.9 Å². The summed E-state index contributed by atoms with van der Waals surface area (Å²) in [6.45, 7) is 4.24. The molecule has 2 aromatic carbocycles. The van der Waals surface area contributed by atoms with E-state index in [-0.39, 0.29) is 31.7 Å². The molecule has 180 valence electrons. The number of rotatable bonds is 5. The van der Waals surface area contributed by atoms with Crippen LogP contribution < -0.4 is 25.4 Å². The molecule has 4 rings (SSSR count). The van der Waals surface area contributed by atoms with E-state index >= 15 is 0 Å². The SMILES string of the molecule is Cl.NC(=O)NO.O=C(COc1ccc(Cl)cc1)N1CCN(Cc2ccc3c(c2)OCO3)CC1. The Balaban J connectivity index is 0.000000583. The minimum Gasteiger partial charge on any atom is -0.484 e. The molecule has 0 spiro atoms. The maximum atomic E-state index is 12.4. The van der Waals surface area contributed by atoms with E-state index in [0.717, 1.165) is 31.1 Å². The van der Waals surface area contributed by atoms with Gasteiger partial charge in [0.15, 0.2) is 18.1 Å². The number of carbonyl (C=O) groups excluding carboxylic acids is 2. The lowest BCUT2D eigenvalue weighted by atomic mass is 10.1. The summed E-state index contributed by atoms with van der Waals surface area (Å²) in [6, 6.07) is 12.1. The summed E-state index contributed by atoms with van der Waals surface area (Å²) in [7, 11) is 0. The molecule has 0 unspecified atom stereocenters. The number of fused-ring (bicyclic) bond motifs is 1. The highest BCUT2D eigenvalue weighted by Gasteiger charge is 2.22. The molecule has 0 radical (unpaired) electrons. The average molecular weight is 501 g/mol. The average Bonchev–Trinajstić information content (AvgIpc) is 3.27. The van der Waals surface area contributed by atoms with Crippen LogP contribution in [0.2, 0.25) is 5.02 Å². The number of nitrogens with two attached hydrogens (primary N) is 1. The lowest BCUT2D eigenvalue weighted by Gasteiger charge is -2.34. The van der Waals surface area contributed by atoms with Crippen LogP contribution in [-0.4, -0.2) is 66.5 Å². The van der Waals surface area contributed by atoms with Crippen molar-refractivity contribution in [2.24, 2.45) is 5.73 Å². The smallest absolute Gasteiger partial charge is 0.335 e. The number of carbonyl (C=O) groups is 2. The molecule has 2 aromatic rings. The zero-order chi connectivity index (χ0) is 22.9. The van der Waals surface area contributed by atoms with Gasteiger partial charge < -0.3 is 24.8 Å². The van der Waals surface area contributed by atoms with Gasteiger partial charge in [0.05, 0.1) is 0 Å². The highest BCUT2D eigenvalue weighted by molar-refractivity contribution is 6.30. The van der Waals surface area contributed by atoms with Gasteiger partial charge in [-0.2, -0.15) is 0 Å². The fourth-order valence-electron chi connectivity index (χ4n) is 3.22. The number of hydrogen-bond acceptors (Lipinski definition) is 7. The van der Waals surface area contributed by atoms with Crippen LogP contribution in [0.3, 0.4) is 0 Å². The van der Waals surface area contributed by atoms with Crippen LogP contribution in [0.15, 0.2) is 42.5 Å². The quantitative estimate of drug-likeness (QED) is 0.424. The molecule has 10 nitrogen and oxygen atoms in total. The molecular formula is C21H26Cl2N4O6. The minimum absolute atomic E-state index is 0. The van der Waals surface area contributed by atoms with Crippen LogP contribution in [0.5, 0.6) is 17.2 Å². The van der Waals surface area contributed by atoms with Gasteiger partial charge >= 0.3 is 6.03 Å². The number of halogens is 2. The van der Waals surface area contributed by atoms with Gasteiger partial charge in [-0.1, -0.05) is 17.7 Å². The summed E-state index contributed by atoms with van der Waals surface area (Å²) in [4.78, 5) is 25.8. The van der Waals surface area contributed by atoms with Crippen LogP contribution in [0.1, 0.15) is 5.56 Å². The molecule has 2 heterocycles. The molecule has 4 N–H and O–H groups in total. The zero-order valence-corrected chi connectivity index (χ0v) is 19.3. The second-order valence-electron chi connectivity index (χ2n) is 7.06. The summed E-state index contributed by atoms with van der Waals surface area (Å²) < 4.78 is 16.3. The molecule has 0 atom stereocenters. The Kier molecular flexibility index (Phi) is 10.3. The summed E-state index contributed by atoms with van der Waals surface area (Å²) in [5.74, 6) is 2.26. The van der Waals surface area contributed by atoms with Crippen LogP contribution in [0, 0.1) is 0 Å². The fourth-order valence-corrected chi connectivity index (χ4v) is 3.35. The van der Waals surface area contributed by atoms with E-state index in [1.807, 2.05) is 17.0 Å². The maximum absolute atomic E-state index is 12.4. The number of urea groups is 1. The lowest BCUT2D eigenvalue weighted by Crippen LogP contribution is -2.49. The third kappa shape index (κ3) is 8.17. The molecule has 1 saturated heterocycles. The Hall–Kier alpha value is -2.92. The molecule has 2 aliphatic rings. The summed E-state index contributed by atoms with van der Waals surface area (Å²) >= 11 is 5.85. The number of piperazine rings is 1. The second-order valence-corrected chi connectivity index (χ2v) is 7.50. The van der Waals surface area contributed by atoms with Crippen molar-refractivity contribution in [3.8, 4) is 17.2 Å². The first-order valence-electron chi connectivity index (χ1n) is 9.91. The Morgan fingerprint density at radius 1 is 1.06 bits per heavy atom. The van der Waals surface area contributed by atoms with Crippen LogP contribution in [-0.2, 0) is 11.3 Å². The van der Waals surface area contributed by atoms with Gasteiger partial charge in [-0.25, -0.2) is 10.3 Å². The number of primary amides is 1. The van der Waals surface area contributed by atoms with E-state index in [1.165, 1.54) is 11.0 Å². The van der Waals surface area contributed by atoms with Gasteiger partial charge in [-0.15, -0.1) is 12.4 Å². The number of ether oxygens (including phenoxy) is 3. The van der Waals surface area contributed by atoms with Gasteiger partial charge in [0.25, 0.3) is 5.91 Å². The first-order chi connectivity index (χ1) is 15.4. The van der Waals surface area contributed by atoms with Crippen molar-refractivity contribution in [3.05, 3.63) is 53.1 Å². The number of nitrogens with one attached hydrogen (secondary N) is 1. The van der Waals surface area contributed by atoms with Crippen molar-refractivity contribution in [1.82, 2.24) is 15.3 Å². The first kappa shape index (κ1) is 26.3. The van der Waals surface area contributed by atoms with Crippen molar-refractivity contribution in [3.63, 3.8) is 0 Å². The topological polar surface area (TPSA) is 127 Å². The van der Waals surface area contributed by atoms with Crippen LogP contribution in [0.25, 0.3) is 0 Å². The molecule has 12 heteroatoms. The molecule has 0 bridgehead atoms. The third-order valence-corrected chi connectivity index (χ3v) is 5.11. The van der Waals surface area contributed by atoms with E-state index in [4.69, 9.17) is 31.0 Å². The normalized spacial score (nSPS) is 14.4. The number of hydroxylamine groups is 1. The molecule has 1 fully saturated rings. The molecule has 0 saturated carbocycles. The van der Waals surface area contributed by atoms with E-state index in [1.54, 1.807) is 24.3 Å². The Labute approximate surface area is 202 Å². The van der Waals surface area contributed by atoms with E-state index in [0.29, 0.717) is 23.9 Å². The van der Waals surface area contributed by atoms with Gasteiger partial charge in [0.1, 0.15) is 5.75 Å². The molecule has 0 aromatic heterocycles. The lowest BCUT2D eigenvalue weighted by molar-refractivity contribution is -0.135. The highest BCUT2D eigenvalue weighted by atomic mass is 35.5. The summed E-state index contributed by atoms with van der Waals surface area (Å²) in [6.07, 6.45) is 0. The number of amides is 3. The van der Waals surface area contributed by atoms with Gasteiger partial charge in [0.2, 0.25) is 6.79 Å². The Morgan fingerprint density at radius 3 is 2.33 bits per heavy atom. The van der Waals surface area contributed by atoms with Gasteiger partial charge in [0, 0.05) is 37.7 Å². The monoisotopic (exact) mass is 500 g/mol. The first-order valence-corrected chi connectivity index (χ1v) is 10.3. The molecular weight excluding hydrogens is 475 g/mol. The van der Waals surface area contributed by atoms with E-state index in [9.17, 15) is 9.59 Å². The summed E-state index contributed by atoms with van der Waals surface area (Å²) in [5, 5.41) is 8.06. The third-order valence-electron chi connectivity index (χ3n) is 4.85. The van der Waals surface area contributed by atoms with E-state index in [2.05, 4.69) is 16.7 Å². The van der Waals surface area contributed by atoms with Crippen molar-refractivity contribution < 1.29 is 29.0 Å². The molecule has 33 heavy (non-hydrogen) atoms. The maximum Gasteiger partial charge on any atom is 0.335 e. The van der Waals surface area contributed by atoms with Crippen LogP contribution in [0.4, 0.5) is 4.79 Å². The Bertz CT molecular complexity index is 923. The molecule has 3 amide bonds. The standard InChI is InChI=1S/C20H21ClN2O4.CH4N2O2.ClH/c21-16-2-4-17(5-3-16)25-13-20(24)23-9-7-22(8-10-23)12-15-1-6-18-19(11-15)27-14-26-18;2-1(4)3-5;/h1-6,11H,7-10,12-14H2;5H,(H3,2,3,4);1H. The number of nitrogens with zero attached hydrogens (tertiary/aromatic N) is 2. The second kappa shape index (κ2) is 12.9. The number of hydrogen-bond donors (Lipinski definition) is 3. The van der Waals surface area contributed by atoms with Gasteiger partial charge in [-0.05, 0) is 42.0 Å². The fraction of sp³-hybridized carbons (Fsp3) is 0.333. The van der Waals surface area contributed by atoms with Crippen LogP contribution >= 0.6 is 24.0 Å². The minimum atomic E-state index is -0.940. The predicted molar refractivity (Wildman–Crippen MR) is 123 cm³/mol. The van der Waals surface area contributed by atoms with Gasteiger partial charge in [-0.3, -0.25) is 14.9 Å². The zero-order valence-electron chi connectivity index (χ0n) is 17.7. The van der Waals surface area contributed by atoms with E-state index < -0.39 is 6.03 Å². The predicted octanol–water partition coefficient (Wildman–Crippen LogP) is 2.26. The Morgan fingerprint density at radius 2 is 1.70 bits per heavy atom. The largest absolute Gasteiger partial charge is 0.484 e. The molecule has 2 aliphatic heterocycles. The summed E-state index contributed by atoms with van der Waals surface area (Å²) in [5.41, 5.74) is 6.64. The van der Waals surface area contributed by atoms with Crippen molar-refractivity contribution in [2.75, 3.05) is 39.6 Å².